The summed E-state index contributed by atoms with van der Waals surface area (Å²) >= 11 is 0. The van der Waals surface area contributed by atoms with Gasteiger partial charge in [-0.2, -0.15) is 0 Å². The molecule has 0 fully saturated rings. The second-order valence-electron chi connectivity index (χ2n) is 7.24. The summed E-state index contributed by atoms with van der Waals surface area (Å²) < 4.78 is 6.38. The Labute approximate surface area is 135 Å². The van der Waals surface area contributed by atoms with Gasteiger partial charge in [-0.05, 0) is 57.2 Å². The summed E-state index contributed by atoms with van der Waals surface area (Å²) in [6, 6.07) is 2.21. The maximum atomic E-state index is 10.6. The van der Waals surface area contributed by atoms with Gasteiger partial charge in [-0.15, -0.1) is 0 Å². The van der Waals surface area contributed by atoms with Crippen LogP contribution < -0.4 is 4.74 Å². The van der Waals surface area contributed by atoms with E-state index in [0.29, 0.717) is 6.42 Å². The molecule has 2 unspecified atom stereocenters. The van der Waals surface area contributed by atoms with Crippen LogP contribution in [0.2, 0.25) is 0 Å². The van der Waals surface area contributed by atoms with Crippen molar-refractivity contribution in [1.82, 2.24) is 0 Å². The Morgan fingerprint density at radius 1 is 1.14 bits per heavy atom. The first kappa shape index (κ1) is 17.3. The zero-order valence-electron chi connectivity index (χ0n) is 15.0. The van der Waals surface area contributed by atoms with Gasteiger partial charge < -0.3 is 9.84 Å². The third-order valence-corrected chi connectivity index (χ3v) is 5.33. The van der Waals surface area contributed by atoms with E-state index in [1.54, 1.807) is 0 Å². The molecule has 0 amide bonds. The van der Waals surface area contributed by atoms with Gasteiger partial charge in [-0.25, -0.2) is 0 Å². The number of hydrogen-bond acceptors (Lipinski definition) is 2. The Bertz CT molecular complexity index is 521. The smallest absolute Gasteiger partial charge is 0.132 e. The third kappa shape index (κ3) is 3.48. The fourth-order valence-electron chi connectivity index (χ4n) is 3.50. The van der Waals surface area contributed by atoms with Crippen molar-refractivity contribution < 1.29 is 9.84 Å². The van der Waals surface area contributed by atoms with Crippen molar-refractivity contribution in [2.45, 2.75) is 91.3 Å². The molecule has 0 spiro atoms. The van der Waals surface area contributed by atoms with Crippen molar-refractivity contribution in [2.75, 3.05) is 0 Å². The van der Waals surface area contributed by atoms with Crippen molar-refractivity contribution >= 4 is 0 Å². The standard InChI is InChI=1S/C20H32O2/c1-6-7-8-9-10-11-20(5)18(21)13-17-15(3)12-14(2)16(4)19(17)22-20/h12,18,21H,6-11,13H2,1-5H3. The van der Waals surface area contributed by atoms with Crippen LogP contribution in [0.3, 0.4) is 0 Å². The van der Waals surface area contributed by atoms with Crippen LogP contribution >= 0.6 is 0 Å². The van der Waals surface area contributed by atoms with E-state index < -0.39 is 11.7 Å². The minimum absolute atomic E-state index is 0.410. The first-order valence-electron chi connectivity index (χ1n) is 8.85. The number of unbranched alkanes of at least 4 members (excludes halogenated alkanes) is 4. The lowest BCUT2D eigenvalue weighted by molar-refractivity contribution is -0.0612. The number of aliphatic hydroxyl groups is 1. The van der Waals surface area contributed by atoms with E-state index in [9.17, 15) is 5.11 Å². The lowest BCUT2D eigenvalue weighted by Gasteiger charge is -2.41. The molecule has 0 aliphatic carbocycles. The van der Waals surface area contributed by atoms with Gasteiger partial charge in [0.25, 0.3) is 0 Å². The predicted molar refractivity (Wildman–Crippen MR) is 92.8 cm³/mol. The summed E-state index contributed by atoms with van der Waals surface area (Å²) in [7, 11) is 0. The fourth-order valence-corrected chi connectivity index (χ4v) is 3.50. The molecule has 1 N–H and O–H groups in total. The van der Waals surface area contributed by atoms with Crippen LogP contribution in [-0.4, -0.2) is 16.8 Å². The maximum Gasteiger partial charge on any atom is 0.132 e. The van der Waals surface area contributed by atoms with Crippen molar-refractivity contribution in [3.8, 4) is 5.75 Å². The quantitative estimate of drug-likeness (QED) is 0.747. The van der Waals surface area contributed by atoms with Gasteiger partial charge in [0.05, 0.1) is 6.10 Å². The number of aryl methyl sites for hydroxylation is 2. The van der Waals surface area contributed by atoms with Crippen LogP contribution in [0.25, 0.3) is 0 Å². The fraction of sp³-hybridized carbons (Fsp3) is 0.700. The second kappa shape index (κ2) is 7.04. The summed E-state index contributed by atoms with van der Waals surface area (Å²) in [5.74, 6) is 1.03. The van der Waals surface area contributed by atoms with Crippen LogP contribution in [0.5, 0.6) is 5.75 Å². The van der Waals surface area contributed by atoms with Gasteiger partial charge in [-0.1, -0.05) is 38.7 Å². The molecule has 1 aliphatic heterocycles. The molecular formula is C20H32O2. The minimum Gasteiger partial charge on any atom is -0.484 e. The predicted octanol–water partition coefficient (Wildman–Crippen LogP) is 5.03. The normalized spacial score (nSPS) is 24.0. The van der Waals surface area contributed by atoms with Crippen LogP contribution in [0.15, 0.2) is 6.07 Å². The monoisotopic (exact) mass is 304 g/mol. The molecular weight excluding hydrogens is 272 g/mol. The van der Waals surface area contributed by atoms with Gasteiger partial charge in [0, 0.05) is 12.0 Å². The number of benzene rings is 1. The minimum atomic E-state index is -0.440. The van der Waals surface area contributed by atoms with E-state index in [4.69, 9.17) is 4.74 Å². The topological polar surface area (TPSA) is 29.5 Å². The second-order valence-corrected chi connectivity index (χ2v) is 7.24. The third-order valence-electron chi connectivity index (χ3n) is 5.33. The summed E-state index contributed by atoms with van der Waals surface area (Å²) in [6.45, 7) is 10.7. The first-order chi connectivity index (χ1) is 10.4. The molecule has 1 aromatic rings. The lowest BCUT2D eigenvalue weighted by atomic mass is 9.82. The Morgan fingerprint density at radius 2 is 1.82 bits per heavy atom. The number of ether oxygens (including phenoxy) is 1. The number of aliphatic hydroxyl groups excluding tert-OH is 1. The molecule has 2 heteroatoms. The molecule has 0 radical (unpaired) electrons. The van der Waals surface area contributed by atoms with Crippen LogP contribution in [-0.2, 0) is 6.42 Å². The van der Waals surface area contributed by atoms with E-state index in [-0.39, 0.29) is 0 Å². The van der Waals surface area contributed by atoms with Crippen LogP contribution in [0.4, 0.5) is 0 Å². The molecule has 124 valence electrons. The SMILES string of the molecule is CCCCCCCC1(C)Oc2c(C)c(C)cc(C)c2CC1O. The van der Waals surface area contributed by atoms with Gasteiger partial charge >= 0.3 is 0 Å². The molecule has 22 heavy (non-hydrogen) atoms. The van der Waals surface area contributed by atoms with Crippen molar-refractivity contribution in [2.24, 2.45) is 0 Å². The summed E-state index contributed by atoms with van der Waals surface area (Å²) in [5, 5.41) is 10.6. The molecule has 1 heterocycles. The highest BCUT2D eigenvalue weighted by Crippen LogP contribution is 2.41. The molecule has 0 saturated carbocycles. The largest absolute Gasteiger partial charge is 0.484 e. The molecule has 0 saturated heterocycles. The Morgan fingerprint density at radius 3 is 2.50 bits per heavy atom. The summed E-state index contributed by atoms with van der Waals surface area (Å²) in [4.78, 5) is 0. The van der Waals surface area contributed by atoms with Crippen LogP contribution in [0.1, 0.15) is 74.6 Å². The number of hydrogen-bond donors (Lipinski definition) is 1. The van der Waals surface area contributed by atoms with E-state index in [1.165, 1.54) is 47.9 Å². The number of rotatable bonds is 6. The van der Waals surface area contributed by atoms with Gasteiger partial charge in [0.1, 0.15) is 11.4 Å². The Kier molecular flexibility index (Phi) is 5.55. The van der Waals surface area contributed by atoms with Crippen molar-refractivity contribution in [1.29, 1.82) is 0 Å². The molecule has 2 nitrogen and oxygen atoms in total. The highest BCUT2D eigenvalue weighted by Gasteiger charge is 2.40. The van der Waals surface area contributed by atoms with Crippen molar-refractivity contribution in [3.63, 3.8) is 0 Å². The highest BCUT2D eigenvalue weighted by atomic mass is 16.5. The molecule has 2 atom stereocenters. The molecule has 1 aromatic carbocycles. The Hall–Kier alpha value is -1.02. The zero-order chi connectivity index (χ0) is 16.3. The first-order valence-corrected chi connectivity index (χ1v) is 8.85. The van der Waals surface area contributed by atoms with Crippen molar-refractivity contribution in [3.05, 3.63) is 28.3 Å². The van der Waals surface area contributed by atoms with E-state index in [1.807, 2.05) is 0 Å². The Balaban J connectivity index is 2.13. The molecule has 1 aliphatic rings. The van der Waals surface area contributed by atoms with Gasteiger partial charge in [0.2, 0.25) is 0 Å². The van der Waals surface area contributed by atoms with Crippen LogP contribution in [0, 0.1) is 20.8 Å². The lowest BCUT2D eigenvalue weighted by Crippen LogP contribution is -2.49. The highest BCUT2D eigenvalue weighted by molar-refractivity contribution is 5.51. The average molecular weight is 304 g/mol. The number of fused-ring (bicyclic) bond motifs is 1. The summed E-state index contributed by atoms with van der Waals surface area (Å²) in [6.07, 6.45) is 7.47. The zero-order valence-corrected chi connectivity index (χ0v) is 15.0. The molecule has 2 rings (SSSR count). The van der Waals surface area contributed by atoms with Gasteiger partial charge in [-0.3, -0.25) is 0 Å². The molecule has 0 aromatic heterocycles. The van der Waals surface area contributed by atoms with E-state index in [2.05, 4.69) is 40.7 Å². The maximum absolute atomic E-state index is 10.6. The van der Waals surface area contributed by atoms with E-state index in [0.717, 1.165) is 18.6 Å². The average Bonchev–Trinajstić information content (AvgIpc) is 2.47. The van der Waals surface area contributed by atoms with E-state index >= 15 is 0 Å². The summed E-state index contributed by atoms with van der Waals surface area (Å²) in [5.41, 5.74) is 4.49. The molecule has 0 bridgehead atoms. The van der Waals surface area contributed by atoms with Gasteiger partial charge in [0.15, 0.2) is 0 Å².